The summed E-state index contributed by atoms with van der Waals surface area (Å²) in [4.78, 5) is 13.8. The average molecular weight is 454 g/mol. The van der Waals surface area contributed by atoms with Gasteiger partial charge in [0.15, 0.2) is 0 Å². The maximum Gasteiger partial charge on any atom is 0.339 e. The number of hydrogen-bond acceptors (Lipinski definition) is 5. The Morgan fingerprint density at radius 2 is 1.62 bits per heavy atom. The fourth-order valence-electron chi connectivity index (χ4n) is 3.86. The molecule has 0 radical (unpaired) electrons. The van der Waals surface area contributed by atoms with E-state index in [0.717, 1.165) is 17.0 Å². The number of benzene rings is 3. The summed E-state index contributed by atoms with van der Waals surface area (Å²) in [5.74, 6) is 1.85. The summed E-state index contributed by atoms with van der Waals surface area (Å²) in [7, 11) is 1.84. The quantitative estimate of drug-likeness (QED) is 0.298. The molecular formula is C27H27N5O2. The molecule has 4 aromatic rings. The van der Waals surface area contributed by atoms with E-state index in [-0.39, 0.29) is 11.4 Å². The summed E-state index contributed by atoms with van der Waals surface area (Å²) in [5, 5.41) is 14.7. The lowest BCUT2D eigenvalue weighted by Gasteiger charge is -2.12. The van der Waals surface area contributed by atoms with Gasteiger partial charge in [-0.15, -0.1) is 0 Å². The lowest BCUT2D eigenvalue weighted by molar-refractivity contribution is 0.482. The van der Waals surface area contributed by atoms with Crippen LogP contribution in [0.4, 0.5) is 11.5 Å². The second kappa shape index (κ2) is 9.54. The van der Waals surface area contributed by atoms with Gasteiger partial charge >= 0.3 is 5.69 Å². The van der Waals surface area contributed by atoms with Crippen molar-refractivity contribution in [1.82, 2.24) is 9.13 Å². The van der Waals surface area contributed by atoms with Crippen molar-refractivity contribution in [1.29, 1.82) is 5.41 Å². The number of para-hydroxylation sites is 1. The van der Waals surface area contributed by atoms with E-state index in [1.807, 2.05) is 74.6 Å². The zero-order valence-corrected chi connectivity index (χ0v) is 19.4. The van der Waals surface area contributed by atoms with Crippen LogP contribution in [0.5, 0.6) is 11.5 Å². The van der Waals surface area contributed by atoms with Crippen molar-refractivity contribution in [3.8, 4) is 22.9 Å². The number of rotatable bonds is 8. The van der Waals surface area contributed by atoms with Gasteiger partial charge in [-0.25, -0.2) is 9.36 Å². The van der Waals surface area contributed by atoms with E-state index < -0.39 is 0 Å². The van der Waals surface area contributed by atoms with E-state index in [1.165, 1.54) is 10.8 Å². The van der Waals surface area contributed by atoms with Crippen LogP contribution in [0.3, 0.4) is 0 Å². The molecule has 0 saturated carbocycles. The third-order valence-electron chi connectivity index (χ3n) is 5.47. The Bertz CT molecular complexity index is 1400. The summed E-state index contributed by atoms with van der Waals surface area (Å²) in [6.45, 7) is 7.42. The van der Waals surface area contributed by atoms with Gasteiger partial charge in [0.1, 0.15) is 23.0 Å². The summed E-state index contributed by atoms with van der Waals surface area (Å²) in [6.07, 6.45) is 1.51. The number of nitrogens with zero attached hydrogens (tertiary/aromatic N) is 2. The van der Waals surface area contributed by atoms with Crippen molar-refractivity contribution in [2.24, 2.45) is 0 Å². The highest BCUT2D eigenvalue weighted by molar-refractivity contribution is 6.00. The molecule has 0 spiro atoms. The molecule has 7 heteroatoms. The highest BCUT2D eigenvalue weighted by atomic mass is 16.5. The largest absolute Gasteiger partial charge is 0.457 e. The third-order valence-corrected chi connectivity index (χ3v) is 5.47. The minimum atomic E-state index is -0.298. The Morgan fingerprint density at radius 3 is 2.24 bits per heavy atom. The molecule has 3 N–H and O–H groups in total. The van der Waals surface area contributed by atoms with Crippen molar-refractivity contribution in [3.05, 3.63) is 107 Å². The molecule has 0 aliphatic rings. The summed E-state index contributed by atoms with van der Waals surface area (Å²) in [5.41, 5.74) is 3.67. The number of aromatic nitrogens is 2. The van der Waals surface area contributed by atoms with Crippen LogP contribution in [0.25, 0.3) is 11.4 Å². The van der Waals surface area contributed by atoms with E-state index in [1.54, 1.807) is 23.6 Å². The molecule has 4 rings (SSSR count). The predicted octanol–water partition coefficient (Wildman–Crippen LogP) is 5.71. The van der Waals surface area contributed by atoms with Gasteiger partial charge in [-0.3, -0.25) is 4.57 Å². The highest BCUT2D eigenvalue weighted by Crippen LogP contribution is 2.27. The maximum atomic E-state index is 13.8. The molecule has 0 unspecified atom stereocenters. The number of anilines is 2. The Morgan fingerprint density at radius 1 is 0.971 bits per heavy atom. The molecule has 0 bridgehead atoms. The van der Waals surface area contributed by atoms with Gasteiger partial charge in [0, 0.05) is 12.7 Å². The van der Waals surface area contributed by atoms with Crippen LogP contribution in [-0.2, 0) is 0 Å². The molecule has 7 nitrogen and oxygen atoms in total. The fraction of sp³-hybridized carbons (Fsp3) is 0.111. The lowest BCUT2D eigenvalue weighted by atomic mass is 10.2. The number of imidazole rings is 1. The normalized spacial score (nSPS) is 10.6. The first-order valence-electron chi connectivity index (χ1n) is 10.9. The molecule has 1 heterocycles. The van der Waals surface area contributed by atoms with Gasteiger partial charge in [-0.1, -0.05) is 30.8 Å². The number of aryl methyl sites for hydroxylation is 1. The van der Waals surface area contributed by atoms with Crippen LogP contribution in [0.2, 0.25) is 0 Å². The topological polar surface area (TPSA) is 84.1 Å². The first-order chi connectivity index (χ1) is 16.4. The molecule has 0 atom stereocenters. The molecule has 0 fully saturated rings. The Hall–Kier alpha value is -4.52. The predicted molar refractivity (Wildman–Crippen MR) is 138 cm³/mol. The molecule has 0 saturated heterocycles. The van der Waals surface area contributed by atoms with Gasteiger partial charge < -0.3 is 20.8 Å². The molecule has 0 aliphatic heterocycles. The van der Waals surface area contributed by atoms with Crippen molar-refractivity contribution in [2.75, 3.05) is 17.7 Å². The summed E-state index contributed by atoms with van der Waals surface area (Å²) < 4.78 is 8.97. The van der Waals surface area contributed by atoms with Crippen LogP contribution in [-0.4, -0.2) is 21.9 Å². The monoisotopic (exact) mass is 453 g/mol. The van der Waals surface area contributed by atoms with Crippen LogP contribution >= 0.6 is 0 Å². The minimum absolute atomic E-state index is 0.241. The van der Waals surface area contributed by atoms with E-state index >= 15 is 0 Å². The zero-order valence-electron chi connectivity index (χ0n) is 19.4. The average Bonchev–Trinajstić information content (AvgIpc) is 3.13. The Kier molecular flexibility index (Phi) is 6.36. The molecule has 1 aromatic heterocycles. The minimum Gasteiger partial charge on any atom is -0.457 e. The first kappa shape index (κ1) is 22.7. The fourth-order valence-corrected chi connectivity index (χ4v) is 3.86. The zero-order chi connectivity index (χ0) is 24.2. The second-order valence-electron chi connectivity index (χ2n) is 7.78. The van der Waals surface area contributed by atoms with E-state index in [2.05, 4.69) is 17.2 Å². The highest BCUT2D eigenvalue weighted by Gasteiger charge is 2.23. The van der Waals surface area contributed by atoms with E-state index in [4.69, 9.17) is 10.1 Å². The number of nitrogens with one attached hydrogen (secondary N) is 3. The van der Waals surface area contributed by atoms with Crippen molar-refractivity contribution in [2.45, 2.75) is 13.8 Å². The van der Waals surface area contributed by atoms with Crippen LogP contribution in [0.15, 0.2) is 90.4 Å². The molecule has 34 heavy (non-hydrogen) atoms. The summed E-state index contributed by atoms with van der Waals surface area (Å²) in [6, 6.07) is 22.5. The van der Waals surface area contributed by atoms with Crippen molar-refractivity contribution < 1.29 is 4.74 Å². The van der Waals surface area contributed by atoms with Gasteiger partial charge in [0.05, 0.1) is 17.1 Å². The summed E-state index contributed by atoms with van der Waals surface area (Å²) >= 11 is 0. The molecule has 0 aliphatic carbocycles. The molecular weight excluding hydrogens is 426 g/mol. The van der Waals surface area contributed by atoms with Crippen LogP contribution in [0, 0.1) is 12.3 Å². The Balaban J connectivity index is 1.86. The van der Waals surface area contributed by atoms with Gasteiger partial charge in [0.25, 0.3) is 0 Å². The second-order valence-corrected chi connectivity index (χ2v) is 7.78. The standard InChI is InChI=1S/C27H27N5O2/c1-5-30-26-25(19(3)28)31(27(33)32(26)21-12-11-18(2)24(17-21)29-4)20-13-15-23(16-14-20)34-22-9-7-6-8-10-22/h5-17,28-30H,1H2,2-4H3. The number of hydrogen-bond donors (Lipinski definition) is 3. The third kappa shape index (κ3) is 4.23. The van der Waals surface area contributed by atoms with Crippen LogP contribution in [0.1, 0.15) is 18.2 Å². The Labute approximate surface area is 198 Å². The van der Waals surface area contributed by atoms with Gasteiger partial charge in [-0.05, 0) is 74.1 Å². The van der Waals surface area contributed by atoms with Crippen molar-refractivity contribution in [3.63, 3.8) is 0 Å². The maximum absolute atomic E-state index is 13.8. The van der Waals surface area contributed by atoms with Gasteiger partial charge in [-0.2, -0.15) is 0 Å². The van der Waals surface area contributed by atoms with Gasteiger partial charge in [0.2, 0.25) is 0 Å². The SMILES string of the molecule is C=CNc1c(C(C)=N)n(-c2ccc(Oc3ccccc3)cc2)c(=O)n1-c1ccc(C)c(NC)c1. The lowest BCUT2D eigenvalue weighted by Crippen LogP contribution is -2.23. The molecule has 0 amide bonds. The van der Waals surface area contributed by atoms with E-state index in [0.29, 0.717) is 28.6 Å². The first-order valence-corrected chi connectivity index (χ1v) is 10.9. The van der Waals surface area contributed by atoms with E-state index in [9.17, 15) is 4.79 Å². The molecule has 172 valence electrons. The molecule has 3 aromatic carbocycles. The number of ether oxygens (including phenoxy) is 1. The van der Waals surface area contributed by atoms with Crippen molar-refractivity contribution >= 4 is 17.2 Å². The van der Waals surface area contributed by atoms with Crippen LogP contribution < -0.4 is 21.1 Å². The smallest absolute Gasteiger partial charge is 0.339 e.